The lowest BCUT2D eigenvalue weighted by Gasteiger charge is -2.40. The van der Waals surface area contributed by atoms with Crippen LogP contribution < -0.4 is 0 Å². The summed E-state index contributed by atoms with van der Waals surface area (Å²) in [6, 6.07) is 0. The molecule has 0 aromatic carbocycles. The molecule has 0 aromatic heterocycles. The van der Waals surface area contributed by atoms with Crippen LogP contribution >= 0.6 is 0 Å². The molecular formula is C27H44O. The van der Waals surface area contributed by atoms with E-state index in [1.54, 1.807) is 11.1 Å². The molecular weight excluding hydrogens is 340 g/mol. The fraction of sp³-hybridized carbons (Fsp3) is 0.778. The van der Waals surface area contributed by atoms with Gasteiger partial charge in [-0.05, 0) is 92.6 Å². The first-order valence-electron chi connectivity index (χ1n) is 12.1. The molecule has 3 aliphatic rings. The number of allylic oxidation sites excluding steroid dienone is 5. The minimum Gasteiger partial charge on any atom is -0.393 e. The van der Waals surface area contributed by atoms with E-state index in [1.165, 1.54) is 62.5 Å². The van der Waals surface area contributed by atoms with E-state index < -0.39 is 0 Å². The van der Waals surface area contributed by atoms with Gasteiger partial charge in [-0.3, -0.25) is 0 Å². The van der Waals surface area contributed by atoms with Crippen molar-refractivity contribution in [3.63, 3.8) is 0 Å². The maximum atomic E-state index is 10.0. The highest BCUT2D eigenvalue weighted by atomic mass is 16.3. The van der Waals surface area contributed by atoms with Crippen molar-refractivity contribution in [1.29, 1.82) is 0 Å². The minimum absolute atomic E-state index is 0.139. The molecule has 0 heterocycles. The Labute approximate surface area is 174 Å². The fourth-order valence-corrected chi connectivity index (χ4v) is 6.42. The molecule has 158 valence electrons. The number of fused-ring (bicyclic) bond motifs is 1. The molecule has 1 heteroatoms. The number of aliphatic hydroxyl groups excluding tert-OH is 1. The molecule has 28 heavy (non-hydrogen) atoms. The zero-order chi connectivity index (χ0) is 20.3. The second kappa shape index (κ2) is 9.33. The molecule has 0 bridgehead atoms. The largest absolute Gasteiger partial charge is 0.393 e. The summed E-state index contributed by atoms with van der Waals surface area (Å²) in [5, 5.41) is 10.0. The first kappa shape index (κ1) is 21.9. The van der Waals surface area contributed by atoms with Gasteiger partial charge in [-0.25, -0.2) is 0 Å². The highest BCUT2D eigenvalue weighted by molar-refractivity contribution is 5.40. The zero-order valence-electron chi connectivity index (χ0n) is 19.2. The van der Waals surface area contributed by atoms with Crippen LogP contribution in [0.5, 0.6) is 0 Å². The number of hydrogen-bond acceptors (Lipinski definition) is 1. The summed E-state index contributed by atoms with van der Waals surface area (Å²) in [7, 11) is 0. The van der Waals surface area contributed by atoms with E-state index in [0.29, 0.717) is 5.41 Å². The van der Waals surface area contributed by atoms with Crippen molar-refractivity contribution in [3.8, 4) is 0 Å². The van der Waals surface area contributed by atoms with Gasteiger partial charge in [0.2, 0.25) is 0 Å². The lowest BCUT2D eigenvalue weighted by atomic mass is 9.64. The Hall–Kier alpha value is -0.820. The van der Waals surface area contributed by atoms with E-state index in [9.17, 15) is 5.11 Å². The van der Waals surface area contributed by atoms with Crippen molar-refractivity contribution >= 4 is 0 Å². The highest BCUT2D eigenvalue weighted by Crippen LogP contribution is 2.58. The average molecular weight is 385 g/mol. The SMILES string of the molecule is CC1=C(/C=C/C2=C3CCC([C@H](C)CCCC(C)C)[C@@]3(C)CCC2)C[C@@H](O)CC1. The molecule has 0 aromatic rings. The minimum atomic E-state index is -0.139. The van der Waals surface area contributed by atoms with Gasteiger partial charge in [-0.1, -0.05) is 70.3 Å². The van der Waals surface area contributed by atoms with Gasteiger partial charge in [0.1, 0.15) is 0 Å². The number of hydrogen-bond donors (Lipinski definition) is 1. The monoisotopic (exact) mass is 384 g/mol. The second-order valence-electron chi connectivity index (χ2n) is 10.8. The first-order valence-corrected chi connectivity index (χ1v) is 12.1. The fourth-order valence-electron chi connectivity index (χ4n) is 6.42. The Morgan fingerprint density at radius 1 is 1.04 bits per heavy atom. The Morgan fingerprint density at radius 3 is 2.54 bits per heavy atom. The zero-order valence-corrected chi connectivity index (χ0v) is 19.2. The molecule has 0 saturated heterocycles. The third-order valence-electron chi connectivity index (χ3n) is 8.21. The lowest BCUT2D eigenvalue weighted by molar-refractivity contribution is 0.159. The standard InChI is InChI=1S/C27H44O/c1-19(2)8-6-9-21(4)25-15-16-26-22(10-7-17-27(25,26)5)12-13-23-18-24(28)14-11-20(23)3/h12-13,19,21,24-25,28H,6-11,14-18H2,1-5H3/b13-12+/t21-,24+,25?,27-/m1/s1. The van der Waals surface area contributed by atoms with Crippen LogP contribution in [0.1, 0.15) is 105 Å². The van der Waals surface area contributed by atoms with E-state index in [4.69, 9.17) is 0 Å². The van der Waals surface area contributed by atoms with Crippen LogP contribution in [0.15, 0.2) is 34.4 Å². The predicted octanol–water partition coefficient (Wildman–Crippen LogP) is 7.76. The summed E-state index contributed by atoms with van der Waals surface area (Å²) >= 11 is 0. The molecule has 1 saturated carbocycles. The van der Waals surface area contributed by atoms with E-state index in [-0.39, 0.29) is 6.10 Å². The normalized spacial score (nSPS) is 32.5. The Bertz CT molecular complexity index is 635. The van der Waals surface area contributed by atoms with E-state index in [2.05, 4.69) is 46.8 Å². The van der Waals surface area contributed by atoms with E-state index >= 15 is 0 Å². The van der Waals surface area contributed by atoms with Crippen molar-refractivity contribution in [3.05, 3.63) is 34.4 Å². The van der Waals surface area contributed by atoms with Crippen molar-refractivity contribution in [2.24, 2.45) is 23.2 Å². The van der Waals surface area contributed by atoms with Gasteiger partial charge in [0.25, 0.3) is 0 Å². The molecule has 1 nitrogen and oxygen atoms in total. The maximum absolute atomic E-state index is 10.0. The molecule has 0 spiro atoms. The summed E-state index contributed by atoms with van der Waals surface area (Å²) in [4.78, 5) is 0. The maximum Gasteiger partial charge on any atom is 0.0583 e. The molecule has 1 fully saturated rings. The molecule has 0 aliphatic heterocycles. The van der Waals surface area contributed by atoms with Crippen molar-refractivity contribution in [2.75, 3.05) is 0 Å². The summed E-state index contributed by atoms with van der Waals surface area (Å²) in [6.07, 6.45) is 18.4. The topological polar surface area (TPSA) is 20.2 Å². The smallest absolute Gasteiger partial charge is 0.0583 e. The van der Waals surface area contributed by atoms with Crippen LogP contribution in [0, 0.1) is 23.2 Å². The van der Waals surface area contributed by atoms with Crippen molar-refractivity contribution < 1.29 is 5.11 Å². The third kappa shape index (κ3) is 4.84. The van der Waals surface area contributed by atoms with Gasteiger partial charge >= 0.3 is 0 Å². The Morgan fingerprint density at radius 2 is 1.79 bits per heavy atom. The van der Waals surface area contributed by atoms with Crippen LogP contribution in [0.4, 0.5) is 0 Å². The van der Waals surface area contributed by atoms with Gasteiger partial charge in [0.05, 0.1) is 6.10 Å². The first-order chi connectivity index (χ1) is 13.3. The average Bonchev–Trinajstić information content (AvgIpc) is 2.99. The summed E-state index contributed by atoms with van der Waals surface area (Å²) in [5.74, 6) is 2.56. The molecule has 4 atom stereocenters. The van der Waals surface area contributed by atoms with Gasteiger partial charge in [-0.2, -0.15) is 0 Å². The number of aliphatic hydroxyl groups is 1. The third-order valence-corrected chi connectivity index (χ3v) is 8.21. The van der Waals surface area contributed by atoms with Crippen LogP contribution in [0.3, 0.4) is 0 Å². The summed E-state index contributed by atoms with van der Waals surface area (Å²) in [5.41, 5.74) is 6.71. The summed E-state index contributed by atoms with van der Waals surface area (Å²) in [6.45, 7) is 12.1. The van der Waals surface area contributed by atoms with Crippen LogP contribution in [-0.4, -0.2) is 11.2 Å². The van der Waals surface area contributed by atoms with Gasteiger partial charge in [0, 0.05) is 0 Å². The van der Waals surface area contributed by atoms with Crippen molar-refractivity contribution in [2.45, 2.75) is 111 Å². The van der Waals surface area contributed by atoms with Crippen molar-refractivity contribution in [1.82, 2.24) is 0 Å². The van der Waals surface area contributed by atoms with E-state index in [1.807, 2.05) is 0 Å². The van der Waals surface area contributed by atoms with Gasteiger partial charge in [-0.15, -0.1) is 0 Å². The molecule has 3 rings (SSSR count). The molecule has 0 amide bonds. The highest BCUT2D eigenvalue weighted by Gasteiger charge is 2.46. The second-order valence-corrected chi connectivity index (χ2v) is 10.8. The Kier molecular flexibility index (Phi) is 7.29. The predicted molar refractivity (Wildman–Crippen MR) is 121 cm³/mol. The molecule has 1 N–H and O–H groups in total. The van der Waals surface area contributed by atoms with E-state index in [0.717, 1.165) is 37.0 Å². The number of rotatable bonds is 7. The Balaban J connectivity index is 1.74. The quantitative estimate of drug-likeness (QED) is 0.475. The molecule has 3 aliphatic carbocycles. The summed E-state index contributed by atoms with van der Waals surface area (Å²) < 4.78 is 0. The molecule has 0 radical (unpaired) electrons. The lowest BCUT2D eigenvalue weighted by Crippen LogP contribution is -2.31. The van der Waals surface area contributed by atoms with Crippen LogP contribution in [0.2, 0.25) is 0 Å². The molecule has 1 unspecified atom stereocenters. The van der Waals surface area contributed by atoms with Gasteiger partial charge < -0.3 is 5.11 Å². The van der Waals surface area contributed by atoms with Gasteiger partial charge in [0.15, 0.2) is 0 Å². The van der Waals surface area contributed by atoms with Crippen LogP contribution in [-0.2, 0) is 0 Å². The van der Waals surface area contributed by atoms with Crippen LogP contribution in [0.25, 0.3) is 0 Å².